The van der Waals surface area contributed by atoms with Gasteiger partial charge in [-0.25, -0.2) is 0 Å². The summed E-state index contributed by atoms with van der Waals surface area (Å²) in [4.78, 5) is 34.8. The lowest BCUT2D eigenvalue weighted by Crippen LogP contribution is -2.43. The zero-order valence-electron chi connectivity index (χ0n) is 12.0. The third kappa shape index (κ3) is 5.55. The van der Waals surface area contributed by atoms with Crippen LogP contribution in [0.3, 0.4) is 0 Å². The van der Waals surface area contributed by atoms with Crippen molar-refractivity contribution < 1.29 is 9.59 Å². The third-order valence-corrected chi connectivity index (χ3v) is 3.31. The Bertz CT molecular complexity index is 799. The summed E-state index contributed by atoms with van der Waals surface area (Å²) in [6.45, 7) is -0.171. The number of nitrogens with zero attached hydrogens (tertiary/aromatic N) is 1. The largest absolute Gasteiger partial charge is 0.306 e. The summed E-state index contributed by atoms with van der Waals surface area (Å²) in [5.41, 5.74) is 5.06. The molecule has 0 spiro atoms. The SMILES string of the molecule is O=C(/C=C/c1cccc(Br)c1)NNC(=O)Cn1ccccc1=O. The first-order chi connectivity index (χ1) is 11.0. The van der Waals surface area contributed by atoms with Crippen LogP contribution in [0, 0.1) is 0 Å². The van der Waals surface area contributed by atoms with E-state index in [0.29, 0.717) is 0 Å². The van der Waals surface area contributed by atoms with Crippen molar-refractivity contribution in [2.45, 2.75) is 6.54 Å². The Labute approximate surface area is 140 Å². The van der Waals surface area contributed by atoms with Gasteiger partial charge < -0.3 is 4.57 Å². The molecule has 2 N–H and O–H groups in total. The van der Waals surface area contributed by atoms with Crippen molar-refractivity contribution in [2.75, 3.05) is 0 Å². The van der Waals surface area contributed by atoms with E-state index in [-0.39, 0.29) is 12.1 Å². The van der Waals surface area contributed by atoms with Crippen molar-refractivity contribution in [3.05, 3.63) is 75.1 Å². The van der Waals surface area contributed by atoms with Gasteiger partial charge in [0.1, 0.15) is 6.54 Å². The van der Waals surface area contributed by atoms with E-state index >= 15 is 0 Å². The number of rotatable bonds is 4. The standard InChI is InChI=1S/C16H14BrN3O3/c17-13-5-3-4-12(10-13)7-8-14(21)18-19-15(22)11-20-9-2-1-6-16(20)23/h1-10H,11H2,(H,18,21)(H,19,22)/b8-7+. The van der Waals surface area contributed by atoms with Crippen molar-refractivity contribution in [3.8, 4) is 0 Å². The number of hydrazine groups is 1. The van der Waals surface area contributed by atoms with Gasteiger partial charge >= 0.3 is 0 Å². The predicted molar refractivity (Wildman–Crippen MR) is 90.2 cm³/mol. The number of pyridine rings is 1. The number of amides is 2. The number of hydrogen-bond donors (Lipinski definition) is 2. The van der Waals surface area contributed by atoms with Crippen molar-refractivity contribution >= 4 is 33.8 Å². The van der Waals surface area contributed by atoms with Crippen molar-refractivity contribution in [1.29, 1.82) is 0 Å². The minimum atomic E-state index is -0.498. The normalized spacial score (nSPS) is 10.5. The van der Waals surface area contributed by atoms with Crippen LogP contribution in [0.5, 0.6) is 0 Å². The van der Waals surface area contributed by atoms with Crippen LogP contribution in [0.4, 0.5) is 0 Å². The van der Waals surface area contributed by atoms with Gasteiger partial charge in [0.15, 0.2) is 0 Å². The van der Waals surface area contributed by atoms with Crippen LogP contribution in [0.2, 0.25) is 0 Å². The van der Waals surface area contributed by atoms with E-state index < -0.39 is 11.8 Å². The van der Waals surface area contributed by atoms with E-state index in [9.17, 15) is 14.4 Å². The molecule has 0 saturated heterocycles. The van der Waals surface area contributed by atoms with Crippen molar-refractivity contribution in [2.24, 2.45) is 0 Å². The van der Waals surface area contributed by atoms with Gasteiger partial charge in [0, 0.05) is 22.8 Å². The van der Waals surface area contributed by atoms with Crippen LogP contribution >= 0.6 is 15.9 Å². The van der Waals surface area contributed by atoms with Crippen LogP contribution in [-0.4, -0.2) is 16.4 Å². The Morgan fingerprint density at radius 1 is 1.13 bits per heavy atom. The van der Waals surface area contributed by atoms with Crippen molar-refractivity contribution in [3.63, 3.8) is 0 Å². The molecular weight excluding hydrogens is 362 g/mol. The molecule has 2 amide bonds. The molecule has 0 radical (unpaired) electrons. The van der Waals surface area contributed by atoms with Gasteiger partial charge in [-0.15, -0.1) is 0 Å². The third-order valence-electron chi connectivity index (χ3n) is 2.81. The minimum absolute atomic E-state index is 0.171. The highest BCUT2D eigenvalue weighted by molar-refractivity contribution is 9.10. The van der Waals surface area contributed by atoms with Gasteiger partial charge in [-0.3, -0.25) is 25.2 Å². The summed E-state index contributed by atoms with van der Waals surface area (Å²) >= 11 is 3.34. The monoisotopic (exact) mass is 375 g/mol. The maximum atomic E-state index is 11.7. The molecule has 0 aliphatic carbocycles. The molecule has 0 fully saturated rings. The second kappa shape index (κ2) is 8.09. The molecule has 1 heterocycles. The molecule has 1 aromatic carbocycles. The molecule has 0 saturated carbocycles. The van der Waals surface area contributed by atoms with Gasteiger partial charge in [-0.1, -0.05) is 34.1 Å². The maximum Gasteiger partial charge on any atom is 0.262 e. The van der Waals surface area contributed by atoms with Crippen LogP contribution in [0.25, 0.3) is 6.08 Å². The zero-order valence-corrected chi connectivity index (χ0v) is 13.6. The van der Waals surface area contributed by atoms with Crippen LogP contribution in [-0.2, 0) is 16.1 Å². The first kappa shape index (κ1) is 16.7. The lowest BCUT2D eigenvalue weighted by atomic mass is 10.2. The quantitative estimate of drug-likeness (QED) is 0.627. The molecule has 2 aromatic rings. The molecule has 0 aliphatic rings. The van der Waals surface area contributed by atoms with E-state index in [1.807, 2.05) is 24.3 Å². The molecule has 7 heteroatoms. The fourth-order valence-electron chi connectivity index (χ4n) is 1.74. The number of carbonyl (C=O) groups excluding carboxylic acids is 2. The Balaban J connectivity index is 1.83. The van der Waals surface area contributed by atoms with Crippen LogP contribution in [0.15, 0.2) is 64.0 Å². The summed E-state index contributed by atoms with van der Waals surface area (Å²) in [5, 5.41) is 0. The molecule has 0 aliphatic heterocycles. The smallest absolute Gasteiger partial charge is 0.262 e. The fourth-order valence-corrected chi connectivity index (χ4v) is 2.16. The number of nitrogens with one attached hydrogen (secondary N) is 2. The Hall–Kier alpha value is -2.67. The highest BCUT2D eigenvalue weighted by Crippen LogP contribution is 2.12. The molecule has 0 atom stereocenters. The molecule has 0 bridgehead atoms. The molecule has 0 unspecified atom stereocenters. The van der Waals surface area contributed by atoms with E-state index in [1.54, 1.807) is 18.2 Å². The van der Waals surface area contributed by atoms with Crippen LogP contribution < -0.4 is 16.4 Å². The number of hydrogen-bond acceptors (Lipinski definition) is 3. The lowest BCUT2D eigenvalue weighted by molar-refractivity contribution is -0.127. The maximum absolute atomic E-state index is 11.7. The van der Waals surface area contributed by atoms with Crippen LogP contribution in [0.1, 0.15) is 5.56 Å². The first-order valence-corrected chi connectivity index (χ1v) is 7.52. The summed E-state index contributed by atoms with van der Waals surface area (Å²) in [6.07, 6.45) is 4.42. The molecule has 1 aromatic heterocycles. The minimum Gasteiger partial charge on any atom is -0.306 e. The predicted octanol–water partition coefficient (Wildman–Crippen LogP) is 1.47. The molecule has 118 valence electrons. The average Bonchev–Trinajstić information content (AvgIpc) is 2.53. The summed E-state index contributed by atoms with van der Waals surface area (Å²) < 4.78 is 2.14. The van der Waals surface area contributed by atoms with E-state index in [2.05, 4.69) is 26.8 Å². The van der Waals surface area contributed by atoms with Gasteiger partial charge in [-0.2, -0.15) is 0 Å². The first-order valence-electron chi connectivity index (χ1n) is 6.72. The van der Waals surface area contributed by atoms with Gasteiger partial charge in [0.25, 0.3) is 17.4 Å². The van der Waals surface area contributed by atoms with E-state index in [4.69, 9.17) is 0 Å². The number of benzene rings is 1. The number of halogens is 1. The Kier molecular flexibility index (Phi) is 5.87. The summed E-state index contributed by atoms with van der Waals surface area (Å²) in [5.74, 6) is -0.971. The zero-order chi connectivity index (χ0) is 16.7. The topological polar surface area (TPSA) is 80.2 Å². The molecular formula is C16H14BrN3O3. The fraction of sp³-hybridized carbons (Fsp3) is 0.0625. The Morgan fingerprint density at radius 3 is 2.70 bits per heavy atom. The highest BCUT2D eigenvalue weighted by Gasteiger charge is 2.04. The molecule has 6 nitrogen and oxygen atoms in total. The highest BCUT2D eigenvalue weighted by atomic mass is 79.9. The molecule has 2 rings (SSSR count). The Morgan fingerprint density at radius 2 is 1.96 bits per heavy atom. The van der Waals surface area contributed by atoms with Crippen molar-refractivity contribution in [1.82, 2.24) is 15.4 Å². The number of carbonyl (C=O) groups is 2. The molecule has 23 heavy (non-hydrogen) atoms. The van der Waals surface area contributed by atoms with Gasteiger partial charge in [0.2, 0.25) is 0 Å². The second-order valence-corrected chi connectivity index (χ2v) is 5.51. The van der Waals surface area contributed by atoms with E-state index in [1.165, 1.54) is 22.9 Å². The summed E-state index contributed by atoms with van der Waals surface area (Å²) in [6, 6.07) is 12.0. The second-order valence-electron chi connectivity index (χ2n) is 4.59. The number of aromatic nitrogens is 1. The average molecular weight is 376 g/mol. The van der Waals surface area contributed by atoms with Gasteiger partial charge in [-0.05, 0) is 29.8 Å². The summed E-state index contributed by atoms with van der Waals surface area (Å²) in [7, 11) is 0. The van der Waals surface area contributed by atoms with E-state index in [0.717, 1.165) is 10.0 Å². The van der Waals surface area contributed by atoms with Gasteiger partial charge in [0.05, 0.1) is 0 Å². The lowest BCUT2D eigenvalue weighted by Gasteiger charge is -2.07.